The first kappa shape index (κ1) is 11.7. The number of nitrogens with two attached hydrogens (primary N) is 1. The first-order valence-electron chi connectivity index (χ1n) is 5.80. The van der Waals surface area contributed by atoms with Crippen LogP contribution >= 0.6 is 11.8 Å². The van der Waals surface area contributed by atoms with Gasteiger partial charge in [0.15, 0.2) is 0 Å². The smallest absolute Gasteiger partial charge is 0.133 e. The lowest BCUT2D eigenvalue weighted by Crippen LogP contribution is -2.28. The van der Waals surface area contributed by atoms with Gasteiger partial charge in [-0.3, -0.25) is 0 Å². The summed E-state index contributed by atoms with van der Waals surface area (Å²) in [5, 5.41) is 0. The van der Waals surface area contributed by atoms with Crippen LogP contribution in [-0.2, 0) is 6.54 Å². The van der Waals surface area contributed by atoms with Crippen molar-refractivity contribution in [3.63, 3.8) is 0 Å². The second-order valence-corrected chi connectivity index (χ2v) is 5.32. The summed E-state index contributed by atoms with van der Waals surface area (Å²) in [4.78, 5) is 7.03. The van der Waals surface area contributed by atoms with Gasteiger partial charge in [-0.25, -0.2) is 4.98 Å². The fourth-order valence-electron chi connectivity index (χ4n) is 1.96. The second-order valence-electron chi connectivity index (χ2n) is 4.09. The molecule has 1 aromatic rings. The summed E-state index contributed by atoms with van der Waals surface area (Å²) in [6.45, 7) is 4.81. The molecular weight excluding hydrogens is 218 g/mol. The van der Waals surface area contributed by atoms with E-state index in [-0.39, 0.29) is 0 Å². The predicted molar refractivity (Wildman–Crippen MR) is 71.0 cm³/mol. The molecule has 1 aliphatic rings. The van der Waals surface area contributed by atoms with E-state index >= 15 is 0 Å². The Morgan fingerprint density at radius 2 is 2.25 bits per heavy atom. The predicted octanol–water partition coefficient (Wildman–Crippen LogP) is 1.79. The molecule has 0 spiro atoms. The van der Waals surface area contributed by atoms with E-state index in [9.17, 15) is 0 Å². The van der Waals surface area contributed by atoms with Crippen LogP contribution in [0.15, 0.2) is 12.1 Å². The zero-order chi connectivity index (χ0) is 11.4. The van der Waals surface area contributed by atoms with E-state index in [4.69, 9.17) is 5.73 Å². The first-order chi connectivity index (χ1) is 7.81. The van der Waals surface area contributed by atoms with Crippen molar-refractivity contribution in [2.45, 2.75) is 19.9 Å². The average molecular weight is 237 g/mol. The van der Waals surface area contributed by atoms with Crippen molar-refractivity contribution in [1.82, 2.24) is 4.98 Å². The molecule has 0 unspecified atom stereocenters. The molecule has 1 fully saturated rings. The molecule has 0 saturated carbocycles. The Hall–Kier alpha value is -0.740. The third-order valence-corrected chi connectivity index (χ3v) is 3.89. The fourth-order valence-corrected chi connectivity index (χ4v) is 2.85. The SMILES string of the molecule is Cc1ccc(CN)c(N2CCCSCC2)n1. The number of thioether (sulfide) groups is 1. The minimum Gasteiger partial charge on any atom is -0.355 e. The summed E-state index contributed by atoms with van der Waals surface area (Å²) >= 11 is 2.03. The van der Waals surface area contributed by atoms with Gasteiger partial charge in [-0.05, 0) is 25.2 Å². The molecule has 2 N–H and O–H groups in total. The number of nitrogens with zero attached hydrogens (tertiary/aromatic N) is 2. The molecule has 0 aromatic carbocycles. The Balaban J connectivity index is 2.25. The minimum atomic E-state index is 0.576. The van der Waals surface area contributed by atoms with Crippen LogP contribution in [0.3, 0.4) is 0 Å². The molecule has 0 aliphatic carbocycles. The zero-order valence-electron chi connectivity index (χ0n) is 9.78. The summed E-state index contributed by atoms with van der Waals surface area (Å²) < 4.78 is 0. The van der Waals surface area contributed by atoms with Crippen LogP contribution in [0.1, 0.15) is 17.7 Å². The molecule has 1 aromatic heterocycles. The lowest BCUT2D eigenvalue weighted by Gasteiger charge is -2.23. The number of hydrogen-bond donors (Lipinski definition) is 1. The summed E-state index contributed by atoms with van der Waals surface area (Å²) in [7, 11) is 0. The minimum absolute atomic E-state index is 0.576. The van der Waals surface area contributed by atoms with E-state index in [1.165, 1.54) is 17.9 Å². The van der Waals surface area contributed by atoms with Crippen molar-refractivity contribution in [2.75, 3.05) is 29.5 Å². The van der Waals surface area contributed by atoms with E-state index in [2.05, 4.69) is 16.0 Å². The first-order valence-corrected chi connectivity index (χ1v) is 6.96. The maximum absolute atomic E-state index is 5.77. The monoisotopic (exact) mass is 237 g/mol. The van der Waals surface area contributed by atoms with Crippen molar-refractivity contribution in [1.29, 1.82) is 0 Å². The molecule has 16 heavy (non-hydrogen) atoms. The Morgan fingerprint density at radius 1 is 1.38 bits per heavy atom. The largest absolute Gasteiger partial charge is 0.355 e. The number of aryl methyl sites for hydroxylation is 1. The summed E-state index contributed by atoms with van der Waals surface area (Å²) in [5.41, 5.74) is 8.01. The summed E-state index contributed by atoms with van der Waals surface area (Å²) in [6.07, 6.45) is 1.24. The molecule has 1 aliphatic heterocycles. The van der Waals surface area contributed by atoms with Crippen LogP contribution in [0.25, 0.3) is 0 Å². The van der Waals surface area contributed by atoms with Crippen LogP contribution in [0.5, 0.6) is 0 Å². The number of anilines is 1. The van der Waals surface area contributed by atoms with Crippen LogP contribution in [0.2, 0.25) is 0 Å². The van der Waals surface area contributed by atoms with E-state index in [1.807, 2.05) is 24.8 Å². The highest BCUT2D eigenvalue weighted by Crippen LogP contribution is 2.21. The highest BCUT2D eigenvalue weighted by Gasteiger charge is 2.14. The lowest BCUT2D eigenvalue weighted by atomic mass is 10.2. The van der Waals surface area contributed by atoms with Gasteiger partial charge in [-0.15, -0.1) is 0 Å². The maximum atomic E-state index is 5.77. The topological polar surface area (TPSA) is 42.1 Å². The Labute approximate surface area is 101 Å². The molecule has 3 nitrogen and oxygen atoms in total. The molecule has 0 bridgehead atoms. The highest BCUT2D eigenvalue weighted by molar-refractivity contribution is 7.99. The number of aromatic nitrogens is 1. The quantitative estimate of drug-likeness (QED) is 0.851. The Morgan fingerprint density at radius 3 is 3.06 bits per heavy atom. The van der Waals surface area contributed by atoms with E-state index < -0.39 is 0 Å². The molecule has 88 valence electrons. The molecule has 0 amide bonds. The average Bonchev–Trinajstić information content (AvgIpc) is 2.57. The molecule has 2 rings (SSSR count). The third kappa shape index (κ3) is 2.68. The van der Waals surface area contributed by atoms with Gasteiger partial charge in [-0.1, -0.05) is 6.07 Å². The number of rotatable bonds is 2. The van der Waals surface area contributed by atoms with E-state index in [0.29, 0.717) is 6.54 Å². The fraction of sp³-hybridized carbons (Fsp3) is 0.583. The van der Waals surface area contributed by atoms with Crippen LogP contribution < -0.4 is 10.6 Å². The third-order valence-electron chi connectivity index (χ3n) is 2.84. The van der Waals surface area contributed by atoms with Gasteiger partial charge in [0, 0.05) is 36.6 Å². The van der Waals surface area contributed by atoms with Crippen molar-refractivity contribution in [2.24, 2.45) is 5.73 Å². The van der Waals surface area contributed by atoms with Crippen molar-refractivity contribution >= 4 is 17.6 Å². The Bertz CT molecular complexity index is 346. The molecule has 0 radical (unpaired) electrons. The van der Waals surface area contributed by atoms with Gasteiger partial charge < -0.3 is 10.6 Å². The second kappa shape index (κ2) is 5.55. The van der Waals surface area contributed by atoms with Gasteiger partial charge in [0.25, 0.3) is 0 Å². The van der Waals surface area contributed by atoms with E-state index in [0.717, 1.165) is 30.2 Å². The van der Waals surface area contributed by atoms with Crippen LogP contribution in [0, 0.1) is 6.92 Å². The molecule has 1 saturated heterocycles. The number of pyridine rings is 1. The molecular formula is C12H19N3S. The molecule has 0 atom stereocenters. The molecule has 2 heterocycles. The van der Waals surface area contributed by atoms with Crippen molar-refractivity contribution in [3.05, 3.63) is 23.4 Å². The van der Waals surface area contributed by atoms with Crippen LogP contribution in [-0.4, -0.2) is 29.6 Å². The van der Waals surface area contributed by atoms with Crippen LogP contribution in [0.4, 0.5) is 5.82 Å². The number of hydrogen-bond acceptors (Lipinski definition) is 4. The Kier molecular flexibility index (Phi) is 4.07. The summed E-state index contributed by atoms with van der Waals surface area (Å²) in [5.74, 6) is 3.56. The normalized spacial score (nSPS) is 17.2. The maximum Gasteiger partial charge on any atom is 0.133 e. The van der Waals surface area contributed by atoms with Gasteiger partial charge in [-0.2, -0.15) is 11.8 Å². The van der Waals surface area contributed by atoms with E-state index in [1.54, 1.807) is 0 Å². The van der Waals surface area contributed by atoms with Crippen molar-refractivity contribution in [3.8, 4) is 0 Å². The summed E-state index contributed by atoms with van der Waals surface area (Å²) in [6, 6.07) is 4.15. The highest BCUT2D eigenvalue weighted by atomic mass is 32.2. The van der Waals surface area contributed by atoms with Gasteiger partial charge in [0.2, 0.25) is 0 Å². The lowest BCUT2D eigenvalue weighted by molar-refractivity contribution is 0.789. The zero-order valence-corrected chi connectivity index (χ0v) is 10.6. The van der Waals surface area contributed by atoms with Gasteiger partial charge in [0.05, 0.1) is 0 Å². The van der Waals surface area contributed by atoms with Crippen molar-refractivity contribution < 1.29 is 0 Å². The molecule has 4 heteroatoms. The van der Waals surface area contributed by atoms with Gasteiger partial charge in [0.1, 0.15) is 5.82 Å². The van der Waals surface area contributed by atoms with Gasteiger partial charge >= 0.3 is 0 Å². The standard InChI is InChI=1S/C12H19N3S/c1-10-3-4-11(9-13)12(14-10)15-5-2-7-16-8-6-15/h3-4H,2,5-9,13H2,1H3.